The van der Waals surface area contributed by atoms with Gasteiger partial charge in [-0.25, -0.2) is 0 Å². The minimum atomic E-state index is -0.815. The topological polar surface area (TPSA) is 95.3 Å². The molecular formula is C22H32N2O5. The fourth-order valence-corrected chi connectivity index (χ4v) is 3.05. The number of ether oxygens (including phenoxy) is 1. The average Bonchev–Trinajstić information content (AvgIpc) is 2.72. The van der Waals surface area contributed by atoms with Crippen LogP contribution in [0, 0.1) is 6.92 Å². The SMILES string of the molecule is CCN(CC(O)COc1c(C)ncc(CO)c1CO)Oc1ccccc1C(C)C. The molecule has 1 heterocycles. The summed E-state index contributed by atoms with van der Waals surface area (Å²) in [7, 11) is 0. The second-order valence-corrected chi connectivity index (χ2v) is 7.22. The molecular weight excluding hydrogens is 372 g/mol. The van der Waals surface area contributed by atoms with Crippen LogP contribution < -0.4 is 9.57 Å². The number of hydroxylamine groups is 2. The van der Waals surface area contributed by atoms with Crippen molar-refractivity contribution in [1.29, 1.82) is 0 Å². The number of aliphatic hydroxyl groups is 3. The van der Waals surface area contributed by atoms with Crippen LogP contribution in [0.3, 0.4) is 0 Å². The summed E-state index contributed by atoms with van der Waals surface area (Å²) in [5.41, 5.74) is 2.69. The van der Waals surface area contributed by atoms with Gasteiger partial charge in [-0.15, -0.1) is 5.06 Å². The quantitative estimate of drug-likeness (QED) is 0.496. The van der Waals surface area contributed by atoms with E-state index in [1.165, 1.54) is 6.20 Å². The first-order valence-corrected chi connectivity index (χ1v) is 9.92. The Balaban J connectivity index is 2.02. The Hall–Kier alpha value is -2.19. The molecule has 3 N–H and O–H groups in total. The van der Waals surface area contributed by atoms with E-state index in [0.717, 1.165) is 11.3 Å². The second-order valence-electron chi connectivity index (χ2n) is 7.22. The summed E-state index contributed by atoms with van der Waals surface area (Å²) >= 11 is 0. The van der Waals surface area contributed by atoms with Crippen LogP contribution in [0.4, 0.5) is 0 Å². The van der Waals surface area contributed by atoms with Crippen molar-refractivity contribution in [2.24, 2.45) is 0 Å². The van der Waals surface area contributed by atoms with Crippen molar-refractivity contribution < 1.29 is 24.9 Å². The molecule has 2 rings (SSSR count). The fraction of sp³-hybridized carbons (Fsp3) is 0.500. The van der Waals surface area contributed by atoms with Crippen molar-refractivity contribution in [2.45, 2.75) is 52.9 Å². The van der Waals surface area contributed by atoms with Gasteiger partial charge in [-0.2, -0.15) is 0 Å². The fourth-order valence-electron chi connectivity index (χ4n) is 3.05. The minimum Gasteiger partial charge on any atom is -0.489 e. The largest absolute Gasteiger partial charge is 0.489 e. The molecule has 0 fully saturated rings. The van der Waals surface area contributed by atoms with Crippen molar-refractivity contribution in [3.63, 3.8) is 0 Å². The van der Waals surface area contributed by atoms with Crippen LogP contribution in [0.5, 0.6) is 11.5 Å². The van der Waals surface area contributed by atoms with Gasteiger partial charge in [0.05, 0.1) is 25.5 Å². The van der Waals surface area contributed by atoms with Gasteiger partial charge in [-0.1, -0.05) is 32.0 Å². The molecule has 0 radical (unpaired) electrons. The Morgan fingerprint density at radius 1 is 1.14 bits per heavy atom. The molecule has 0 aliphatic rings. The number of likely N-dealkylation sites (N-methyl/N-ethyl adjacent to an activating group) is 1. The Kier molecular flexibility index (Phi) is 8.85. The molecule has 0 saturated heterocycles. The third-order valence-corrected chi connectivity index (χ3v) is 4.69. The molecule has 0 aliphatic carbocycles. The summed E-state index contributed by atoms with van der Waals surface area (Å²) in [5.74, 6) is 1.49. The van der Waals surface area contributed by atoms with E-state index in [2.05, 4.69) is 18.8 Å². The van der Waals surface area contributed by atoms with E-state index in [1.807, 2.05) is 31.2 Å². The first-order chi connectivity index (χ1) is 13.9. The molecule has 7 nitrogen and oxygen atoms in total. The Labute approximate surface area is 172 Å². The number of para-hydroxylation sites is 1. The number of aliphatic hydroxyl groups excluding tert-OH is 3. The lowest BCUT2D eigenvalue weighted by Gasteiger charge is -2.26. The van der Waals surface area contributed by atoms with Crippen molar-refractivity contribution in [1.82, 2.24) is 10.0 Å². The zero-order chi connectivity index (χ0) is 21.4. The number of hydrogen-bond donors (Lipinski definition) is 3. The number of rotatable bonds is 11. The summed E-state index contributed by atoms with van der Waals surface area (Å²) in [6, 6.07) is 7.86. The molecule has 1 unspecified atom stereocenters. The third-order valence-electron chi connectivity index (χ3n) is 4.69. The lowest BCUT2D eigenvalue weighted by atomic mass is 10.0. The summed E-state index contributed by atoms with van der Waals surface area (Å²) in [5, 5.41) is 31.2. The van der Waals surface area contributed by atoms with Crippen LogP contribution in [0.1, 0.15) is 49.1 Å². The van der Waals surface area contributed by atoms with E-state index in [9.17, 15) is 15.3 Å². The predicted octanol–water partition coefficient (Wildman–Crippen LogP) is 2.55. The molecule has 0 bridgehead atoms. The molecule has 0 saturated carbocycles. The molecule has 29 heavy (non-hydrogen) atoms. The maximum Gasteiger partial charge on any atom is 0.150 e. The summed E-state index contributed by atoms with van der Waals surface area (Å²) < 4.78 is 5.75. The van der Waals surface area contributed by atoms with E-state index >= 15 is 0 Å². The number of aromatic nitrogens is 1. The van der Waals surface area contributed by atoms with Gasteiger partial charge >= 0.3 is 0 Å². The molecule has 1 atom stereocenters. The number of hydrogen-bond acceptors (Lipinski definition) is 7. The van der Waals surface area contributed by atoms with Crippen LogP contribution in [-0.4, -0.2) is 51.2 Å². The molecule has 160 valence electrons. The van der Waals surface area contributed by atoms with E-state index in [4.69, 9.17) is 9.57 Å². The zero-order valence-corrected chi connectivity index (χ0v) is 17.6. The molecule has 2 aromatic rings. The van der Waals surface area contributed by atoms with Crippen LogP contribution in [0.15, 0.2) is 30.5 Å². The lowest BCUT2D eigenvalue weighted by Crippen LogP contribution is -2.38. The first-order valence-electron chi connectivity index (χ1n) is 9.92. The Morgan fingerprint density at radius 3 is 2.48 bits per heavy atom. The van der Waals surface area contributed by atoms with Crippen LogP contribution in [-0.2, 0) is 13.2 Å². The summed E-state index contributed by atoms with van der Waals surface area (Å²) in [6.07, 6.45) is 0.702. The Bertz CT molecular complexity index is 782. The Morgan fingerprint density at radius 2 is 1.86 bits per heavy atom. The highest BCUT2D eigenvalue weighted by molar-refractivity contribution is 5.41. The highest BCUT2D eigenvalue weighted by Crippen LogP contribution is 2.27. The summed E-state index contributed by atoms with van der Waals surface area (Å²) in [6.45, 7) is 8.26. The molecule has 1 aromatic heterocycles. The highest BCUT2D eigenvalue weighted by atomic mass is 16.7. The average molecular weight is 405 g/mol. The maximum absolute atomic E-state index is 10.5. The monoisotopic (exact) mass is 404 g/mol. The lowest BCUT2D eigenvalue weighted by molar-refractivity contribution is -0.0867. The predicted molar refractivity (Wildman–Crippen MR) is 111 cm³/mol. The number of benzene rings is 1. The minimum absolute atomic E-state index is 0.0100. The highest BCUT2D eigenvalue weighted by Gasteiger charge is 2.18. The van der Waals surface area contributed by atoms with E-state index < -0.39 is 6.10 Å². The number of pyridine rings is 1. The van der Waals surface area contributed by atoms with Crippen LogP contribution in [0.25, 0.3) is 0 Å². The molecule has 0 aliphatic heterocycles. The third kappa shape index (κ3) is 6.14. The molecule has 1 aromatic carbocycles. The van der Waals surface area contributed by atoms with Gasteiger partial charge < -0.3 is 24.9 Å². The smallest absolute Gasteiger partial charge is 0.150 e. The molecule has 0 amide bonds. The van der Waals surface area contributed by atoms with Gasteiger partial charge in [0.1, 0.15) is 18.5 Å². The zero-order valence-electron chi connectivity index (χ0n) is 17.6. The van der Waals surface area contributed by atoms with Gasteiger partial charge in [-0.3, -0.25) is 4.98 Å². The van der Waals surface area contributed by atoms with Crippen LogP contribution >= 0.6 is 0 Å². The summed E-state index contributed by atoms with van der Waals surface area (Å²) in [4.78, 5) is 10.2. The van der Waals surface area contributed by atoms with Crippen LogP contribution in [0.2, 0.25) is 0 Å². The van der Waals surface area contributed by atoms with Crippen molar-refractivity contribution >= 4 is 0 Å². The van der Waals surface area contributed by atoms with Crippen molar-refractivity contribution in [2.75, 3.05) is 19.7 Å². The van der Waals surface area contributed by atoms with E-state index in [0.29, 0.717) is 35.0 Å². The first kappa shape index (κ1) is 23.1. The second kappa shape index (κ2) is 11.1. The molecule has 7 heteroatoms. The van der Waals surface area contributed by atoms with E-state index in [-0.39, 0.29) is 26.4 Å². The van der Waals surface area contributed by atoms with Crippen molar-refractivity contribution in [3.8, 4) is 11.5 Å². The standard InChI is InChI=1S/C22H32N2O5/c1-5-24(29-21-9-7-6-8-19(21)15(2)3)11-18(27)14-28-22-16(4)23-10-17(12-25)20(22)13-26/h6-10,15,18,25-27H,5,11-14H2,1-4H3. The van der Waals surface area contributed by atoms with Gasteiger partial charge in [0.15, 0.2) is 5.75 Å². The van der Waals surface area contributed by atoms with Gasteiger partial charge in [-0.05, 0) is 31.4 Å². The van der Waals surface area contributed by atoms with E-state index in [1.54, 1.807) is 12.0 Å². The van der Waals surface area contributed by atoms with Gasteiger partial charge in [0, 0.05) is 23.9 Å². The molecule has 0 spiro atoms. The number of aryl methyl sites for hydroxylation is 1. The number of nitrogens with zero attached hydrogens (tertiary/aromatic N) is 2. The maximum atomic E-state index is 10.5. The van der Waals surface area contributed by atoms with Crippen molar-refractivity contribution in [3.05, 3.63) is 52.8 Å². The van der Waals surface area contributed by atoms with Gasteiger partial charge in [0.25, 0.3) is 0 Å². The van der Waals surface area contributed by atoms with Gasteiger partial charge in [0.2, 0.25) is 0 Å². The normalized spacial score (nSPS) is 12.4.